The second kappa shape index (κ2) is 4.82. The molecular formula is C10H14OS2. The third-order valence-corrected chi connectivity index (χ3v) is 4.40. The zero-order valence-electron chi connectivity index (χ0n) is 8.16. The fourth-order valence-corrected chi connectivity index (χ4v) is 2.71. The van der Waals surface area contributed by atoms with Crippen molar-refractivity contribution in [3.05, 3.63) is 33.6 Å². The SMILES string of the molecule is CSC(=CC1=C(C)C=CC1)S(C)=O. The van der Waals surface area contributed by atoms with E-state index >= 15 is 0 Å². The fourth-order valence-electron chi connectivity index (χ4n) is 1.20. The first-order valence-electron chi connectivity index (χ1n) is 4.10. The molecule has 0 bridgehead atoms. The van der Waals surface area contributed by atoms with E-state index in [2.05, 4.69) is 25.2 Å². The molecule has 0 heterocycles. The van der Waals surface area contributed by atoms with Gasteiger partial charge in [-0.25, -0.2) is 0 Å². The molecule has 1 unspecified atom stereocenters. The standard InChI is InChI=1S/C10H14OS2/c1-8-5-4-6-9(8)7-10(12-2)13(3)11/h4-5,7H,6H2,1-3H3. The van der Waals surface area contributed by atoms with Crippen LogP contribution >= 0.6 is 11.8 Å². The Bertz CT molecular complexity index is 311. The fraction of sp³-hybridized carbons (Fsp3) is 0.400. The van der Waals surface area contributed by atoms with Gasteiger partial charge in [0.1, 0.15) is 0 Å². The van der Waals surface area contributed by atoms with Crippen LogP contribution in [0, 0.1) is 0 Å². The average Bonchev–Trinajstić information content (AvgIpc) is 2.46. The van der Waals surface area contributed by atoms with Crippen LogP contribution < -0.4 is 0 Å². The van der Waals surface area contributed by atoms with Gasteiger partial charge < -0.3 is 0 Å². The van der Waals surface area contributed by atoms with Gasteiger partial charge in [-0.05, 0) is 36.8 Å². The Balaban J connectivity index is 2.86. The number of allylic oxidation sites excluding steroid dienone is 5. The van der Waals surface area contributed by atoms with E-state index in [1.54, 1.807) is 18.0 Å². The Morgan fingerprint density at radius 3 is 2.77 bits per heavy atom. The van der Waals surface area contributed by atoms with Gasteiger partial charge >= 0.3 is 0 Å². The van der Waals surface area contributed by atoms with Crippen LogP contribution in [0.4, 0.5) is 0 Å². The van der Waals surface area contributed by atoms with Crippen LogP contribution in [0.15, 0.2) is 33.6 Å². The molecule has 72 valence electrons. The predicted octanol–water partition coefficient (Wildman–Crippen LogP) is 2.85. The first-order chi connectivity index (χ1) is 6.15. The van der Waals surface area contributed by atoms with Crippen molar-refractivity contribution in [3.8, 4) is 0 Å². The van der Waals surface area contributed by atoms with Crippen LogP contribution in [0.2, 0.25) is 0 Å². The van der Waals surface area contributed by atoms with Crippen molar-refractivity contribution in [2.75, 3.05) is 12.5 Å². The molecule has 0 fully saturated rings. The average molecular weight is 214 g/mol. The first-order valence-corrected chi connectivity index (χ1v) is 6.89. The Hall–Kier alpha value is -0.280. The van der Waals surface area contributed by atoms with Gasteiger partial charge in [0, 0.05) is 6.26 Å². The summed E-state index contributed by atoms with van der Waals surface area (Å²) < 4.78 is 12.2. The molecule has 0 spiro atoms. The summed E-state index contributed by atoms with van der Waals surface area (Å²) in [6, 6.07) is 0. The Morgan fingerprint density at radius 1 is 1.69 bits per heavy atom. The summed E-state index contributed by atoms with van der Waals surface area (Å²) in [5.41, 5.74) is 2.58. The summed E-state index contributed by atoms with van der Waals surface area (Å²) >= 11 is 1.57. The third kappa shape index (κ3) is 2.85. The highest BCUT2D eigenvalue weighted by atomic mass is 32.2. The van der Waals surface area contributed by atoms with E-state index in [9.17, 15) is 4.21 Å². The van der Waals surface area contributed by atoms with Gasteiger partial charge in [0.2, 0.25) is 0 Å². The monoisotopic (exact) mass is 214 g/mol. The van der Waals surface area contributed by atoms with E-state index in [1.165, 1.54) is 11.1 Å². The summed E-state index contributed by atoms with van der Waals surface area (Å²) in [7, 11) is -0.852. The second-order valence-electron chi connectivity index (χ2n) is 2.94. The van der Waals surface area contributed by atoms with Crippen molar-refractivity contribution in [3.63, 3.8) is 0 Å². The van der Waals surface area contributed by atoms with E-state index in [0.29, 0.717) is 0 Å². The van der Waals surface area contributed by atoms with Gasteiger partial charge in [-0.1, -0.05) is 12.2 Å². The molecule has 0 aromatic heterocycles. The summed E-state index contributed by atoms with van der Waals surface area (Å²) in [5.74, 6) is 0. The lowest BCUT2D eigenvalue weighted by molar-refractivity contribution is 0.691. The van der Waals surface area contributed by atoms with Crippen LogP contribution in [0.25, 0.3) is 0 Å². The smallest absolute Gasteiger partial charge is 0.0713 e. The Morgan fingerprint density at radius 2 is 2.38 bits per heavy atom. The normalized spacial score (nSPS) is 19.8. The zero-order chi connectivity index (χ0) is 9.84. The Labute approximate surface area is 86.4 Å². The van der Waals surface area contributed by atoms with E-state index in [-0.39, 0.29) is 0 Å². The summed E-state index contributed by atoms with van der Waals surface area (Å²) in [6.07, 6.45) is 11.0. The zero-order valence-corrected chi connectivity index (χ0v) is 9.80. The van der Waals surface area contributed by atoms with Crippen LogP contribution in [-0.4, -0.2) is 16.7 Å². The number of rotatable bonds is 3. The largest absolute Gasteiger partial charge is 0.254 e. The van der Waals surface area contributed by atoms with E-state index in [4.69, 9.17) is 0 Å². The second-order valence-corrected chi connectivity index (χ2v) is 5.39. The minimum atomic E-state index is -0.852. The van der Waals surface area contributed by atoms with Crippen LogP contribution in [-0.2, 0) is 10.8 Å². The molecule has 1 rings (SSSR count). The van der Waals surface area contributed by atoms with Crippen LogP contribution in [0.3, 0.4) is 0 Å². The molecule has 0 N–H and O–H groups in total. The lowest BCUT2D eigenvalue weighted by Crippen LogP contribution is -1.88. The van der Waals surface area contributed by atoms with Gasteiger partial charge in [-0.2, -0.15) is 0 Å². The first kappa shape index (κ1) is 10.8. The molecule has 1 aliphatic carbocycles. The molecule has 1 aliphatic rings. The number of hydrogen-bond acceptors (Lipinski definition) is 2. The quantitative estimate of drug-likeness (QED) is 0.718. The molecular weight excluding hydrogens is 200 g/mol. The Kier molecular flexibility index (Phi) is 4.00. The van der Waals surface area contributed by atoms with Crippen molar-refractivity contribution in [2.45, 2.75) is 13.3 Å². The third-order valence-electron chi connectivity index (χ3n) is 1.99. The van der Waals surface area contributed by atoms with E-state index in [1.807, 2.05) is 6.26 Å². The maximum absolute atomic E-state index is 11.2. The summed E-state index contributed by atoms with van der Waals surface area (Å²) in [6.45, 7) is 2.09. The minimum absolute atomic E-state index is 0.852. The molecule has 0 saturated heterocycles. The molecule has 1 atom stereocenters. The highest BCUT2D eigenvalue weighted by Gasteiger charge is 2.06. The topological polar surface area (TPSA) is 17.1 Å². The molecule has 13 heavy (non-hydrogen) atoms. The lowest BCUT2D eigenvalue weighted by Gasteiger charge is -2.01. The van der Waals surface area contributed by atoms with Crippen LogP contribution in [0.5, 0.6) is 0 Å². The molecule has 0 saturated carbocycles. The lowest BCUT2D eigenvalue weighted by atomic mass is 10.2. The molecule has 0 aliphatic heterocycles. The number of hydrogen-bond donors (Lipinski definition) is 0. The van der Waals surface area contributed by atoms with Gasteiger partial charge in [-0.3, -0.25) is 4.21 Å². The molecule has 0 aromatic carbocycles. The van der Waals surface area contributed by atoms with Crippen molar-refractivity contribution >= 4 is 22.6 Å². The molecule has 3 heteroatoms. The van der Waals surface area contributed by atoms with Crippen molar-refractivity contribution in [1.29, 1.82) is 0 Å². The van der Waals surface area contributed by atoms with E-state index < -0.39 is 10.8 Å². The maximum atomic E-state index is 11.2. The van der Waals surface area contributed by atoms with Gasteiger partial charge in [-0.15, -0.1) is 11.8 Å². The predicted molar refractivity (Wildman–Crippen MR) is 62.1 cm³/mol. The highest BCUT2D eigenvalue weighted by molar-refractivity contribution is 8.15. The molecule has 1 nitrogen and oxygen atoms in total. The van der Waals surface area contributed by atoms with E-state index in [0.717, 1.165) is 10.7 Å². The van der Waals surface area contributed by atoms with Gasteiger partial charge in [0.25, 0.3) is 0 Å². The van der Waals surface area contributed by atoms with Crippen LogP contribution in [0.1, 0.15) is 13.3 Å². The summed E-state index contributed by atoms with van der Waals surface area (Å²) in [5, 5.41) is 0. The molecule has 0 amide bonds. The molecule has 0 radical (unpaired) electrons. The minimum Gasteiger partial charge on any atom is -0.254 e. The van der Waals surface area contributed by atoms with Crippen molar-refractivity contribution in [1.82, 2.24) is 0 Å². The molecule has 0 aromatic rings. The summed E-state index contributed by atoms with van der Waals surface area (Å²) in [4.78, 5) is 0. The van der Waals surface area contributed by atoms with Crippen molar-refractivity contribution < 1.29 is 4.21 Å². The highest BCUT2D eigenvalue weighted by Crippen LogP contribution is 2.25. The number of thioether (sulfide) groups is 1. The van der Waals surface area contributed by atoms with Gasteiger partial charge in [0.15, 0.2) is 0 Å². The maximum Gasteiger partial charge on any atom is 0.0713 e. The van der Waals surface area contributed by atoms with Crippen molar-refractivity contribution in [2.24, 2.45) is 0 Å². The van der Waals surface area contributed by atoms with Gasteiger partial charge in [0.05, 0.1) is 15.0 Å².